The van der Waals surface area contributed by atoms with Crippen LogP contribution in [0.25, 0.3) is 0 Å². The van der Waals surface area contributed by atoms with Gasteiger partial charge in [-0.05, 0) is 32.0 Å². The standard InChI is InChI=1S/C12H14FN5OS/c1-6(20-12-15-7(2)17-18-12)11(19)16-10-4-3-8(13)5-9(10)14/h3-6H,14H2,1-2H3,(H,16,19)(H,15,17,18). The summed E-state index contributed by atoms with van der Waals surface area (Å²) in [5, 5.41) is 9.39. The van der Waals surface area contributed by atoms with E-state index in [0.29, 0.717) is 16.7 Å². The van der Waals surface area contributed by atoms with Crippen LogP contribution in [0.4, 0.5) is 15.8 Å². The third-order valence-electron chi connectivity index (χ3n) is 2.50. The second-order valence-corrected chi connectivity index (χ2v) is 5.49. The van der Waals surface area contributed by atoms with Crippen molar-refractivity contribution in [1.82, 2.24) is 15.2 Å². The Kier molecular flexibility index (Phi) is 4.23. The number of aryl methyl sites for hydroxylation is 1. The Balaban J connectivity index is 2.00. The number of hydrogen-bond donors (Lipinski definition) is 3. The van der Waals surface area contributed by atoms with Crippen LogP contribution in [0.1, 0.15) is 12.7 Å². The van der Waals surface area contributed by atoms with Gasteiger partial charge in [0, 0.05) is 0 Å². The summed E-state index contributed by atoms with van der Waals surface area (Å²) >= 11 is 1.22. The highest BCUT2D eigenvalue weighted by atomic mass is 32.2. The molecule has 0 aliphatic carbocycles. The Morgan fingerprint density at radius 3 is 2.90 bits per heavy atom. The lowest BCUT2D eigenvalue weighted by molar-refractivity contribution is -0.115. The number of aromatic amines is 1. The molecule has 0 saturated carbocycles. The van der Waals surface area contributed by atoms with Crippen molar-refractivity contribution >= 4 is 29.0 Å². The zero-order valence-corrected chi connectivity index (χ0v) is 11.8. The maximum atomic E-state index is 12.9. The first-order chi connectivity index (χ1) is 9.45. The highest BCUT2D eigenvalue weighted by molar-refractivity contribution is 8.00. The number of nitrogens with zero attached hydrogens (tertiary/aromatic N) is 2. The van der Waals surface area contributed by atoms with Crippen LogP contribution in [0.15, 0.2) is 23.4 Å². The summed E-state index contributed by atoms with van der Waals surface area (Å²) in [6.07, 6.45) is 0. The van der Waals surface area contributed by atoms with E-state index < -0.39 is 11.1 Å². The number of hydrogen-bond acceptors (Lipinski definition) is 5. The van der Waals surface area contributed by atoms with E-state index in [0.717, 1.165) is 6.07 Å². The monoisotopic (exact) mass is 295 g/mol. The number of nitrogens with one attached hydrogen (secondary N) is 2. The predicted octanol–water partition coefficient (Wildman–Crippen LogP) is 1.95. The molecule has 1 atom stereocenters. The first-order valence-corrected chi connectivity index (χ1v) is 6.75. The quantitative estimate of drug-likeness (QED) is 0.592. The second-order valence-electron chi connectivity index (χ2n) is 4.18. The van der Waals surface area contributed by atoms with Crippen LogP contribution in [0.3, 0.4) is 0 Å². The van der Waals surface area contributed by atoms with Crippen LogP contribution >= 0.6 is 11.8 Å². The normalized spacial score (nSPS) is 12.2. The highest BCUT2D eigenvalue weighted by Gasteiger charge is 2.17. The fraction of sp³-hybridized carbons (Fsp3) is 0.250. The van der Waals surface area contributed by atoms with Crippen LogP contribution in [-0.2, 0) is 4.79 Å². The molecule has 0 fully saturated rings. The van der Waals surface area contributed by atoms with Crippen LogP contribution in [-0.4, -0.2) is 26.3 Å². The third kappa shape index (κ3) is 3.47. The minimum atomic E-state index is -0.445. The van der Waals surface area contributed by atoms with Gasteiger partial charge in [0.05, 0.1) is 16.6 Å². The number of carbonyl (C=O) groups is 1. The van der Waals surface area contributed by atoms with Gasteiger partial charge in [0.15, 0.2) is 0 Å². The molecule has 0 bridgehead atoms. The number of benzene rings is 1. The number of halogens is 1. The molecule has 0 aliphatic heterocycles. The van der Waals surface area contributed by atoms with Gasteiger partial charge in [-0.1, -0.05) is 11.8 Å². The van der Waals surface area contributed by atoms with Crippen molar-refractivity contribution in [2.24, 2.45) is 0 Å². The van der Waals surface area contributed by atoms with Crippen molar-refractivity contribution in [1.29, 1.82) is 0 Å². The van der Waals surface area contributed by atoms with E-state index in [4.69, 9.17) is 5.73 Å². The fourth-order valence-electron chi connectivity index (χ4n) is 1.47. The predicted molar refractivity (Wildman–Crippen MR) is 75.9 cm³/mol. The third-order valence-corrected chi connectivity index (χ3v) is 3.46. The molecule has 0 spiro atoms. The number of aromatic nitrogens is 3. The molecule has 1 aromatic heterocycles. The van der Waals surface area contributed by atoms with Crippen molar-refractivity contribution in [3.8, 4) is 0 Å². The van der Waals surface area contributed by atoms with Gasteiger partial charge in [-0.3, -0.25) is 9.89 Å². The van der Waals surface area contributed by atoms with Crippen molar-refractivity contribution < 1.29 is 9.18 Å². The van der Waals surface area contributed by atoms with Crippen LogP contribution in [0.2, 0.25) is 0 Å². The van der Waals surface area contributed by atoms with Gasteiger partial charge in [-0.15, -0.1) is 5.10 Å². The van der Waals surface area contributed by atoms with Crippen LogP contribution in [0, 0.1) is 12.7 Å². The van der Waals surface area contributed by atoms with Gasteiger partial charge in [0.1, 0.15) is 11.6 Å². The van der Waals surface area contributed by atoms with Crippen molar-refractivity contribution in [2.45, 2.75) is 24.3 Å². The molecule has 1 aromatic carbocycles. The summed E-state index contributed by atoms with van der Waals surface area (Å²) in [6, 6.07) is 3.82. The van der Waals surface area contributed by atoms with E-state index in [2.05, 4.69) is 20.5 Å². The number of nitrogens with two attached hydrogens (primary N) is 1. The van der Waals surface area contributed by atoms with Crippen molar-refractivity contribution in [3.05, 3.63) is 29.8 Å². The summed E-state index contributed by atoms with van der Waals surface area (Å²) in [5.41, 5.74) is 6.20. The largest absolute Gasteiger partial charge is 0.397 e. The maximum absolute atomic E-state index is 12.9. The zero-order valence-electron chi connectivity index (χ0n) is 11.0. The molecule has 20 heavy (non-hydrogen) atoms. The van der Waals surface area contributed by atoms with E-state index >= 15 is 0 Å². The summed E-state index contributed by atoms with van der Waals surface area (Å²) < 4.78 is 12.9. The number of nitrogen functional groups attached to an aromatic ring is 1. The molecule has 2 rings (SSSR count). The molecule has 1 heterocycles. The molecule has 0 aliphatic rings. The number of thioether (sulfide) groups is 1. The van der Waals surface area contributed by atoms with Crippen molar-refractivity contribution in [2.75, 3.05) is 11.1 Å². The SMILES string of the molecule is Cc1nc(SC(C)C(=O)Nc2ccc(F)cc2N)n[nH]1. The van der Waals surface area contributed by atoms with E-state index in [1.807, 2.05) is 0 Å². The molecule has 0 saturated heterocycles. The second kappa shape index (κ2) is 5.91. The molecule has 1 unspecified atom stereocenters. The summed E-state index contributed by atoms with van der Waals surface area (Å²) in [6.45, 7) is 3.51. The Morgan fingerprint density at radius 1 is 1.55 bits per heavy atom. The Bertz CT molecular complexity index is 630. The van der Waals surface area contributed by atoms with Gasteiger partial charge >= 0.3 is 0 Å². The summed E-state index contributed by atoms with van der Waals surface area (Å²) in [7, 11) is 0. The van der Waals surface area contributed by atoms with Gasteiger partial charge in [-0.2, -0.15) is 0 Å². The molecule has 8 heteroatoms. The maximum Gasteiger partial charge on any atom is 0.237 e. The van der Waals surface area contributed by atoms with Crippen molar-refractivity contribution in [3.63, 3.8) is 0 Å². The first-order valence-electron chi connectivity index (χ1n) is 5.87. The van der Waals surface area contributed by atoms with Crippen LogP contribution < -0.4 is 11.1 Å². The van der Waals surface area contributed by atoms with Gasteiger partial charge < -0.3 is 11.1 Å². The number of carbonyl (C=O) groups excluding carboxylic acids is 1. The molecular weight excluding hydrogens is 281 g/mol. The van der Waals surface area contributed by atoms with Gasteiger partial charge in [0.2, 0.25) is 11.1 Å². The zero-order chi connectivity index (χ0) is 14.7. The average molecular weight is 295 g/mol. The Morgan fingerprint density at radius 2 is 2.30 bits per heavy atom. The lowest BCUT2D eigenvalue weighted by Gasteiger charge is -2.11. The first kappa shape index (κ1) is 14.3. The molecule has 4 N–H and O–H groups in total. The molecule has 0 radical (unpaired) electrons. The average Bonchev–Trinajstić information content (AvgIpc) is 2.78. The summed E-state index contributed by atoms with van der Waals surface area (Å²) in [5.74, 6) is -0.0160. The van der Waals surface area contributed by atoms with E-state index in [1.165, 1.54) is 23.9 Å². The number of rotatable bonds is 4. The molecule has 106 valence electrons. The Labute approximate surface area is 119 Å². The Hall–Kier alpha value is -2.09. The molecule has 1 amide bonds. The van der Waals surface area contributed by atoms with Gasteiger partial charge in [0.25, 0.3) is 0 Å². The van der Waals surface area contributed by atoms with Crippen LogP contribution in [0.5, 0.6) is 0 Å². The number of anilines is 2. The fourth-order valence-corrected chi connectivity index (χ4v) is 2.24. The van der Waals surface area contributed by atoms with Gasteiger partial charge in [-0.25, -0.2) is 9.37 Å². The molecule has 6 nitrogen and oxygen atoms in total. The number of amides is 1. The van der Waals surface area contributed by atoms with E-state index in [1.54, 1.807) is 13.8 Å². The highest BCUT2D eigenvalue weighted by Crippen LogP contribution is 2.23. The molecular formula is C12H14FN5OS. The van der Waals surface area contributed by atoms with E-state index in [9.17, 15) is 9.18 Å². The molecule has 2 aromatic rings. The minimum absolute atomic E-state index is 0.185. The summed E-state index contributed by atoms with van der Waals surface area (Å²) in [4.78, 5) is 16.1. The lowest BCUT2D eigenvalue weighted by Crippen LogP contribution is -2.23. The minimum Gasteiger partial charge on any atom is -0.397 e. The number of H-pyrrole nitrogens is 1. The topological polar surface area (TPSA) is 96.7 Å². The smallest absolute Gasteiger partial charge is 0.237 e. The van der Waals surface area contributed by atoms with E-state index in [-0.39, 0.29) is 11.6 Å². The lowest BCUT2D eigenvalue weighted by atomic mass is 10.2.